The van der Waals surface area contributed by atoms with Crippen molar-refractivity contribution >= 4 is 34.0 Å². The van der Waals surface area contributed by atoms with E-state index in [-0.39, 0.29) is 29.8 Å². The van der Waals surface area contributed by atoms with Crippen LogP contribution in [0.3, 0.4) is 0 Å². The van der Waals surface area contributed by atoms with Crippen LogP contribution >= 0.6 is 12.4 Å². The van der Waals surface area contributed by atoms with Gasteiger partial charge in [-0.15, -0.1) is 12.4 Å². The quantitative estimate of drug-likeness (QED) is 0.787. The number of fused-ring (bicyclic) bond motifs is 1. The smallest absolute Gasteiger partial charge is 0.240 e. The summed E-state index contributed by atoms with van der Waals surface area (Å²) in [6.45, 7) is 1.88. The molecule has 0 unspecified atom stereocenters. The molecule has 0 spiro atoms. The molecule has 0 atom stereocenters. The summed E-state index contributed by atoms with van der Waals surface area (Å²) in [5, 5.41) is 0. The minimum atomic E-state index is -3.55. The molecule has 0 aliphatic carbocycles. The molecule has 0 aromatic heterocycles. The fraction of sp³-hybridized carbons (Fsp3) is 0.562. The molecule has 1 aromatic carbocycles. The first-order valence-electron chi connectivity index (χ1n) is 8.10. The summed E-state index contributed by atoms with van der Waals surface area (Å²) < 4.78 is 31.8. The number of rotatable bonds is 4. The zero-order chi connectivity index (χ0) is 17.4. The van der Waals surface area contributed by atoms with Gasteiger partial charge in [0, 0.05) is 32.0 Å². The lowest BCUT2D eigenvalue weighted by Gasteiger charge is -2.37. The highest BCUT2D eigenvalue weighted by Gasteiger charge is 2.43. The predicted octanol–water partition coefficient (Wildman–Crippen LogP) is 0.661. The van der Waals surface area contributed by atoms with E-state index in [0.717, 1.165) is 12.0 Å². The molecule has 2 aliphatic heterocycles. The van der Waals surface area contributed by atoms with E-state index in [1.165, 1.54) is 7.05 Å². The summed E-state index contributed by atoms with van der Waals surface area (Å²) in [4.78, 5) is 15.0. The summed E-state index contributed by atoms with van der Waals surface area (Å²) in [5.74, 6) is -0.0222. The Labute approximate surface area is 154 Å². The van der Waals surface area contributed by atoms with Crippen LogP contribution < -0.4 is 15.4 Å². The van der Waals surface area contributed by atoms with Gasteiger partial charge in [0.05, 0.1) is 10.3 Å². The standard InChI is InChI=1S/C16H23N3O4S.ClH/c1-18-24(21,22)13-3-2-12-4-7-19(14(12)10-13)15(20)16(11-17)5-8-23-9-6-16;/h2-3,10,18H,4-9,11,17H2,1H3;1H. The number of nitrogens with one attached hydrogen (secondary N) is 1. The molecule has 3 rings (SSSR count). The number of carbonyl (C=O) groups is 1. The third-order valence-corrected chi connectivity index (χ3v) is 6.48. The van der Waals surface area contributed by atoms with Crippen molar-refractivity contribution in [1.82, 2.24) is 4.72 Å². The van der Waals surface area contributed by atoms with Crippen LogP contribution in [0.1, 0.15) is 18.4 Å². The number of sulfonamides is 1. The number of nitrogens with two attached hydrogens (primary N) is 1. The summed E-state index contributed by atoms with van der Waals surface area (Å²) in [6.07, 6.45) is 1.92. The van der Waals surface area contributed by atoms with E-state index in [9.17, 15) is 13.2 Å². The first kappa shape index (κ1) is 20.1. The van der Waals surface area contributed by atoms with E-state index < -0.39 is 15.4 Å². The maximum absolute atomic E-state index is 13.2. The first-order valence-corrected chi connectivity index (χ1v) is 9.58. The molecule has 2 aliphatic rings. The molecule has 140 valence electrons. The number of anilines is 1. The third kappa shape index (κ3) is 3.54. The first-order chi connectivity index (χ1) is 11.4. The Kier molecular flexibility index (Phi) is 6.11. The van der Waals surface area contributed by atoms with Crippen LogP contribution in [-0.2, 0) is 26.0 Å². The Morgan fingerprint density at radius 1 is 1.36 bits per heavy atom. The Morgan fingerprint density at radius 2 is 2.04 bits per heavy atom. The largest absolute Gasteiger partial charge is 0.381 e. The highest BCUT2D eigenvalue weighted by molar-refractivity contribution is 7.89. The topological polar surface area (TPSA) is 102 Å². The predicted molar refractivity (Wildman–Crippen MR) is 97.5 cm³/mol. The molecule has 0 radical (unpaired) electrons. The van der Waals surface area contributed by atoms with Gasteiger partial charge in [-0.1, -0.05) is 6.07 Å². The molecule has 7 nitrogen and oxygen atoms in total. The van der Waals surface area contributed by atoms with Gasteiger partial charge in [0.15, 0.2) is 0 Å². The molecular formula is C16H24ClN3O4S. The second kappa shape index (κ2) is 7.59. The summed E-state index contributed by atoms with van der Waals surface area (Å²) in [7, 11) is -2.18. The molecule has 1 aromatic rings. The fourth-order valence-corrected chi connectivity index (χ4v) is 4.16. The molecule has 3 N–H and O–H groups in total. The number of hydrogen-bond donors (Lipinski definition) is 2. The second-order valence-electron chi connectivity index (χ2n) is 6.30. The Hall–Kier alpha value is -1.19. The van der Waals surface area contributed by atoms with Gasteiger partial charge in [-0.05, 0) is 44.0 Å². The van der Waals surface area contributed by atoms with E-state index >= 15 is 0 Å². The summed E-state index contributed by atoms with van der Waals surface area (Å²) in [5.41, 5.74) is 6.99. The maximum atomic E-state index is 13.2. The van der Waals surface area contributed by atoms with Crippen molar-refractivity contribution in [1.29, 1.82) is 0 Å². The van der Waals surface area contributed by atoms with Gasteiger partial charge in [0.25, 0.3) is 0 Å². The molecule has 1 fully saturated rings. The lowest BCUT2D eigenvalue weighted by Crippen LogP contribution is -2.50. The van der Waals surface area contributed by atoms with Gasteiger partial charge in [0.1, 0.15) is 0 Å². The van der Waals surface area contributed by atoms with E-state index in [2.05, 4.69) is 4.72 Å². The average Bonchev–Trinajstić information content (AvgIpc) is 3.04. The van der Waals surface area contributed by atoms with Crippen molar-refractivity contribution in [3.8, 4) is 0 Å². The molecule has 25 heavy (non-hydrogen) atoms. The van der Waals surface area contributed by atoms with Gasteiger partial charge >= 0.3 is 0 Å². The van der Waals surface area contributed by atoms with E-state index in [0.29, 0.717) is 38.3 Å². The lowest BCUT2D eigenvalue weighted by molar-refractivity contribution is -0.132. The van der Waals surface area contributed by atoms with Crippen molar-refractivity contribution in [2.24, 2.45) is 11.1 Å². The highest BCUT2D eigenvalue weighted by atomic mass is 35.5. The zero-order valence-corrected chi connectivity index (χ0v) is 15.8. The minimum absolute atomic E-state index is 0. The van der Waals surface area contributed by atoms with Gasteiger partial charge < -0.3 is 15.4 Å². The SMILES string of the molecule is CNS(=O)(=O)c1ccc2c(c1)N(C(=O)C1(CN)CCOCC1)CC2.Cl. The van der Waals surface area contributed by atoms with Crippen molar-refractivity contribution in [2.45, 2.75) is 24.2 Å². The third-order valence-electron chi connectivity index (χ3n) is 5.07. The Bertz CT molecular complexity index is 748. The Balaban J connectivity index is 0.00000225. The molecule has 2 heterocycles. The van der Waals surface area contributed by atoms with Crippen LogP contribution in [0.2, 0.25) is 0 Å². The van der Waals surface area contributed by atoms with E-state index in [1.54, 1.807) is 23.1 Å². The molecule has 0 bridgehead atoms. The van der Waals surface area contributed by atoms with Crippen LogP contribution in [0.5, 0.6) is 0 Å². The molecule has 1 saturated heterocycles. The highest BCUT2D eigenvalue weighted by Crippen LogP contribution is 2.37. The summed E-state index contributed by atoms with van der Waals surface area (Å²) >= 11 is 0. The molecule has 0 saturated carbocycles. The van der Waals surface area contributed by atoms with Crippen molar-refractivity contribution in [3.63, 3.8) is 0 Å². The normalized spacial score (nSPS) is 19.2. The van der Waals surface area contributed by atoms with Crippen LogP contribution in [0.15, 0.2) is 23.1 Å². The van der Waals surface area contributed by atoms with Crippen molar-refractivity contribution < 1.29 is 17.9 Å². The maximum Gasteiger partial charge on any atom is 0.240 e. The lowest BCUT2D eigenvalue weighted by atomic mass is 9.79. The number of amides is 1. The Morgan fingerprint density at radius 3 is 2.64 bits per heavy atom. The summed E-state index contributed by atoms with van der Waals surface area (Å²) in [6, 6.07) is 4.94. The van der Waals surface area contributed by atoms with Crippen LogP contribution in [0, 0.1) is 5.41 Å². The van der Waals surface area contributed by atoms with E-state index in [4.69, 9.17) is 10.5 Å². The second-order valence-corrected chi connectivity index (χ2v) is 8.19. The number of carbonyl (C=O) groups excluding carboxylic acids is 1. The van der Waals surface area contributed by atoms with Gasteiger partial charge in [0.2, 0.25) is 15.9 Å². The molecule has 1 amide bonds. The van der Waals surface area contributed by atoms with Crippen molar-refractivity contribution in [3.05, 3.63) is 23.8 Å². The number of hydrogen-bond acceptors (Lipinski definition) is 5. The average molecular weight is 390 g/mol. The zero-order valence-electron chi connectivity index (χ0n) is 14.2. The number of nitrogens with zero attached hydrogens (tertiary/aromatic N) is 1. The van der Waals surface area contributed by atoms with E-state index in [1.807, 2.05) is 0 Å². The number of benzene rings is 1. The van der Waals surface area contributed by atoms with Crippen LogP contribution in [-0.4, -0.2) is 47.7 Å². The van der Waals surface area contributed by atoms with Crippen LogP contribution in [0.4, 0.5) is 5.69 Å². The van der Waals surface area contributed by atoms with Gasteiger partial charge in [-0.2, -0.15) is 0 Å². The minimum Gasteiger partial charge on any atom is -0.381 e. The molecular weight excluding hydrogens is 366 g/mol. The number of halogens is 1. The van der Waals surface area contributed by atoms with Crippen LogP contribution in [0.25, 0.3) is 0 Å². The van der Waals surface area contributed by atoms with Crippen molar-refractivity contribution in [2.75, 3.05) is 38.3 Å². The van der Waals surface area contributed by atoms with Gasteiger partial charge in [-0.25, -0.2) is 13.1 Å². The fourth-order valence-electron chi connectivity index (χ4n) is 3.41. The monoisotopic (exact) mass is 389 g/mol. The molecule has 9 heteroatoms. The number of ether oxygens (including phenoxy) is 1. The van der Waals surface area contributed by atoms with Gasteiger partial charge in [-0.3, -0.25) is 4.79 Å².